The van der Waals surface area contributed by atoms with Crippen molar-refractivity contribution in [2.45, 2.75) is 24.7 Å². The molecule has 1 aromatic carbocycles. The summed E-state index contributed by atoms with van der Waals surface area (Å²) in [6, 6.07) is 8.06. The highest BCUT2D eigenvalue weighted by Crippen LogP contribution is 2.45. The Hall–Kier alpha value is -2.41. The third-order valence-corrected chi connectivity index (χ3v) is 3.97. The zero-order valence-corrected chi connectivity index (χ0v) is 12.0. The summed E-state index contributed by atoms with van der Waals surface area (Å²) >= 11 is 0. The highest BCUT2D eigenvalue weighted by atomic mass is 19.4. The smallest absolute Gasteiger partial charge is 0.366 e. The van der Waals surface area contributed by atoms with E-state index in [4.69, 9.17) is 5.73 Å². The van der Waals surface area contributed by atoms with E-state index in [0.29, 0.717) is 11.1 Å². The van der Waals surface area contributed by atoms with Crippen LogP contribution in [0.1, 0.15) is 39.1 Å². The zero-order chi connectivity index (χ0) is 16.6. The van der Waals surface area contributed by atoms with Gasteiger partial charge in [0.25, 0.3) is 0 Å². The lowest BCUT2D eigenvalue weighted by Crippen LogP contribution is -2.32. The first-order chi connectivity index (χ1) is 10.9. The second-order valence-electron chi connectivity index (χ2n) is 5.41. The quantitative estimate of drug-likeness (QED) is 0.913. The number of aromatic nitrogens is 1. The van der Waals surface area contributed by atoms with Gasteiger partial charge < -0.3 is 11.1 Å². The van der Waals surface area contributed by atoms with Crippen molar-refractivity contribution in [1.82, 2.24) is 10.3 Å². The molecule has 2 heterocycles. The number of pyridine rings is 1. The van der Waals surface area contributed by atoms with E-state index in [1.54, 1.807) is 6.07 Å². The maximum absolute atomic E-state index is 13.6. The van der Waals surface area contributed by atoms with Crippen LogP contribution >= 0.6 is 0 Å². The van der Waals surface area contributed by atoms with Crippen molar-refractivity contribution >= 4 is 5.91 Å². The summed E-state index contributed by atoms with van der Waals surface area (Å²) in [6.45, 7) is 0.251. The van der Waals surface area contributed by atoms with E-state index in [9.17, 15) is 18.0 Å². The normalized spacial score (nSPS) is 18.5. The molecule has 0 saturated heterocycles. The molecule has 1 aliphatic rings. The van der Waals surface area contributed by atoms with E-state index in [-0.39, 0.29) is 17.8 Å². The Morgan fingerprint density at radius 2 is 2.09 bits per heavy atom. The number of amides is 1. The van der Waals surface area contributed by atoms with Crippen LogP contribution in [0.2, 0.25) is 0 Å². The second-order valence-corrected chi connectivity index (χ2v) is 5.41. The van der Waals surface area contributed by atoms with Gasteiger partial charge in [-0.15, -0.1) is 0 Å². The lowest BCUT2D eigenvalue weighted by molar-refractivity contribution is -0.158. The average molecular weight is 321 g/mol. The maximum atomic E-state index is 13.6. The van der Waals surface area contributed by atoms with Crippen molar-refractivity contribution < 1.29 is 18.0 Å². The summed E-state index contributed by atoms with van der Waals surface area (Å²) in [7, 11) is 0. The van der Waals surface area contributed by atoms with Crippen molar-refractivity contribution in [3.63, 3.8) is 0 Å². The van der Waals surface area contributed by atoms with E-state index >= 15 is 0 Å². The van der Waals surface area contributed by atoms with Gasteiger partial charge in [-0.05, 0) is 35.4 Å². The molecule has 2 atom stereocenters. The number of primary amides is 1. The Kier molecular flexibility index (Phi) is 3.81. The molecule has 3 N–H and O–H groups in total. The van der Waals surface area contributed by atoms with E-state index in [1.165, 1.54) is 36.5 Å². The Labute approximate surface area is 130 Å². The van der Waals surface area contributed by atoms with Crippen LogP contribution in [0, 0.1) is 0 Å². The molecule has 2 aromatic rings. The molecule has 0 spiro atoms. The molecule has 4 nitrogen and oxygen atoms in total. The van der Waals surface area contributed by atoms with Gasteiger partial charge in [-0.25, -0.2) is 0 Å². The van der Waals surface area contributed by atoms with Crippen LogP contribution in [-0.4, -0.2) is 17.1 Å². The van der Waals surface area contributed by atoms with Crippen LogP contribution in [-0.2, 0) is 6.54 Å². The molecule has 1 amide bonds. The van der Waals surface area contributed by atoms with Crippen LogP contribution in [0.25, 0.3) is 0 Å². The Bertz CT molecular complexity index is 731. The molecular weight excluding hydrogens is 307 g/mol. The highest BCUT2D eigenvalue weighted by molar-refractivity contribution is 5.93. The number of hydrogen-bond acceptors (Lipinski definition) is 3. The molecule has 0 fully saturated rings. The van der Waals surface area contributed by atoms with Crippen LogP contribution in [0.4, 0.5) is 13.2 Å². The Morgan fingerprint density at radius 3 is 2.70 bits per heavy atom. The van der Waals surface area contributed by atoms with Crippen LogP contribution in [0.15, 0.2) is 42.6 Å². The number of nitrogens with zero attached hydrogens (tertiary/aromatic N) is 1. The van der Waals surface area contributed by atoms with Crippen molar-refractivity contribution in [3.05, 3.63) is 65.0 Å². The Balaban J connectivity index is 2.03. The molecule has 0 aliphatic carbocycles. The molecule has 120 valence electrons. The first-order valence-electron chi connectivity index (χ1n) is 7.01. The summed E-state index contributed by atoms with van der Waals surface area (Å²) in [6.07, 6.45) is -3.10. The maximum Gasteiger partial charge on any atom is 0.399 e. The van der Waals surface area contributed by atoms with Crippen LogP contribution in [0.5, 0.6) is 0 Å². The van der Waals surface area contributed by atoms with E-state index in [1.807, 2.05) is 0 Å². The van der Waals surface area contributed by atoms with Gasteiger partial charge in [0.2, 0.25) is 5.91 Å². The monoisotopic (exact) mass is 321 g/mol. The van der Waals surface area contributed by atoms with Crippen molar-refractivity contribution in [2.24, 2.45) is 5.73 Å². The molecular formula is C16H14F3N3O. The zero-order valence-electron chi connectivity index (χ0n) is 12.0. The summed E-state index contributed by atoms with van der Waals surface area (Å²) in [5.74, 6) is -2.36. The summed E-state index contributed by atoms with van der Waals surface area (Å²) in [4.78, 5) is 15.1. The third kappa shape index (κ3) is 2.92. The molecule has 0 radical (unpaired) electrons. The lowest BCUT2D eigenvalue weighted by Gasteiger charge is -2.26. The predicted octanol–water partition coefficient (Wildman–Crippen LogP) is 2.67. The topological polar surface area (TPSA) is 68.0 Å². The number of halogens is 3. The number of nitrogens with two attached hydrogens (primary N) is 1. The van der Waals surface area contributed by atoms with Gasteiger partial charge in [-0.3, -0.25) is 9.78 Å². The van der Waals surface area contributed by atoms with Crippen molar-refractivity contribution in [1.29, 1.82) is 0 Å². The summed E-state index contributed by atoms with van der Waals surface area (Å²) in [5, 5.41) is 2.88. The number of benzene rings is 1. The molecule has 1 unspecified atom stereocenters. The molecule has 1 aliphatic heterocycles. The predicted molar refractivity (Wildman–Crippen MR) is 77.6 cm³/mol. The highest BCUT2D eigenvalue weighted by Gasteiger charge is 2.48. The molecule has 23 heavy (non-hydrogen) atoms. The van der Waals surface area contributed by atoms with Gasteiger partial charge >= 0.3 is 6.18 Å². The molecule has 0 bridgehead atoms. The van der Waals surface area contributed by atoms with Gasteiger partial charge in [-0.1, -0.05) is 12.1 Å². The fourth-order valence-corrected chi connectivity index (χ4v) is 2.93. The van der Waals surface area contributed by atoms with Crippen molar-refractivity contribution in [2.75, 3.05) is 0 Å². The minimum atomic E-state index is -4.45. The number of rotatable bonds is 3. The SMILES string of the molecule is NC(=O)c1ccc2c(c1)CNC2[C@H](c1ccccn1)C(F)(F)F. The standard InChI is InChI=1S/C16H14F3N3O/c17-16(18,19)13(12-3-1-2-6-21-12)14-11-5-4-9(15(20)23)7-10(11)8-22-14/h1-7,13-14,22H,8H2,(H2,20,23)/t13-,14?/m0/s1. The minimum absolute atomic E-state index is 0.0377. The third-order valence-electron chi connectivity index (χ3n) is 3.97. The first-order valence-corrected chi connectivity index (χ1v) is 7.01. The van der Waals surface area contributed by atoms with E-state index < -0.39 is 24.0 Å². The number of alkyl halides is 3. The fraction of sp³-hybridized carbons (Fsp3) is 0.250. The molecule has 0 saturated carbocycles. The lowest BCUT2D eigenvalue weighted by atomic mass is 9.89. The van der Waals surface area contributed by atoms with Gasteiger partial charge in [0.1, 0.15) is 5.92 Å². The number of fused-ring (bicyclic) bond motifs is 1. The number of hydrogen-bond donors (Lipinski definition) is 2. The number of nitrogens with one attached hydrogen (secondary N) is 1. The van der Waals surface area contributed by atoms with Gasteiger partial charge in [0.05, 0.1) is 5.69 Å². The number of carbonyl (C=O) groups is 1. The summed E-state index contributed by atoms with van der Waals surface area (Å²) in [5.41, 5.74) is 6.63. The average Bonchev–Trinajstić information content (AvgIpc) is 2.90. The minimum Gasteiger partial charge on any atom is -0.366 e. The molecule has 1 aromatic heterocycles. The van der Waals surface area contributed by atoms with Crippen LogP contribution < -0.4 is 11.1 Å². The summed E-state index contributed by atoms with van der Waals surface area (Å²) < 4.78 is 40.8. The van der Waals surface area contributed by atoms with E-state index in [0.717, 1.165) is 0 Å². The van der Waals surface area contributed by atoms with Gasteiger partial charge in [0.15, 0.2) is 0 Å². The van der Waals surface area contributed by atoms with Crippen molar-refractivity contribution in [3.8, 4) is 0 Å². The molecule has 7 heteroatoms. The van der Waals surface area contributed by atoms with E-state index in [2.05, 4.69) is 10.3 Å². The van der Waals surface area contributed by atoms with Crippen LogP contribution in [0.3, 0.4) is 0 Å². The Morgan fingerprint density at radius 1 is 1.30 bits per heavy atom. The second kappa shape index (κ2) is 5.66. The van der Waals surface area contributed by atoms with Gasteiger partial charge in [0, 0.05) is 24.3 Å². The number of carbonyl (C=O) groups excluding carboxylic acids is 1. The molecule has 3 rings (SSSR count). The first kappa shape index (κ1) is 15.5. The fourth-order valence-electron chi connectivity index (χ4n) is 2.93. The largest absolute Gasteiger partial charge is 0.399 e. The van der Waals surface area contributed by atoms with Gasteiger partial charge in [-0.2, -0.15) is 13.2 Å².